The lowest BCUT2D eigenvalue weighted by Crippen LogP contribution is -2.34. The topological polar surface area (TPSA) is 46.0 Å². The fraction of sp³-hybridized carbons (Fsp3) is 0.333. The first kappa shape index (κ1) is 18.9. The summed E-state index contributed by atoms with van der Waals surface area (Å²) < 4.78 is 16.0. The van der Waals surface area contributed by atoms with Crippen LogP contribution in [0.3, 0.4) is 0 Å². The van der Waals surface area contributed by atoms with Crippen molar-refractivity contribution < 1.29 is 4.39 Å². The summed E-state index contributed by atoms with van der Waals surface area (Å²) in [5, 5.41) is 7.98. The normalized spacial score (nSPS) is 25.9. The number of aryl methyl sites for hydroxylation is 1. The molecule has 2 aliphatic heterocycles. The molecule has 3 heterocycles. The van der Waals surface area contributed by atoms with Crippen molar-refractivity contribution in [2.45, 2.75) is 37.9 Å². The lowest BCUT2D eigenvalue weighted by atomic mass is 9.97. The second-order valence-electron chi connectivity index (χ2n) is 8.40. The Morgan fingerprint density at radius 2 is 2.20 bits per heavy atom. The molecule has 1 aromatic heterocycles. The average molecular weight is 404 g/mol. The number of rotatable bonds is 4. The molecule has 5 rings (SSSR count). The van der Waals surface area contributed by atoms with Gasteiger partial charge < -0.3 is 10.2 Å². The second kappa shape index (κ2) is 6.97. The molecule has 5 nitrogen and oxygen atoms in total. The van der Waals surface area contributed by atoms with Gasteiger partial charge in [-0.3, -0.25) is 0 Å². The molecular weight excluding hydrogens is 377 g/mol. The molecule has 1 aromatic carbocycles. The molecule has 6 heteroatoms. The van der Waals surface area contributed by atoms with Gasteiger partial charge in [0.25, 0.3) is 0 Å². The smallest absolute Gasteiger partial charge is 0.130 e. The van der Waals surface area contributed by atoms with Crippen LogP contribution >= 0.6 is 0 Å². The van der Waals surface area contributed by atoms with E-state index in [1.54, 1.807) is 12.3 Å². The number of nitrogens with zero attached hydrogens (tertiary/aromatic N) is 4. The zero-order valence-corrected chi connectivity index (χ0v) is 17.2. The largest absolute Gasteiger partial charge is 0.363 e. The summed E-state index contributed by atoms with van der Waals surface area (Å²) in [5.74, 6) is 1.23. The van der Waals surface area contributed by atoms with Gasteiger partial charge in [0.2, 0.25) is 0 Å². The molecule has 3 unspecified atom stereocenters. The molecule has 1 N–H and O–H groups in total. The first-order valence-corrected chi connectivity index (χ1v) is 10.4. The third kappa shape index (κ3) is 2.90. The van der Waals surface area contributed by atoms with E-state index in [2.05, 4.69) is 35.4 Å². The molecule has 0 radical (unpaired) electrons. The molecule has 30 heavy (non-hydrogen) atoms. The minimum absolute atomic E-state index is 0.0561. The van der Waals surface area contributed by atoms with E-state index < -0.39 is 0 Å². The van der Waals surface area contributed by atoms with Crippen molar-refractivity contribution in [3.05, 3.63) is 84.6 Å². The zero-order valence-electron chi connectivity index (χ0n) is 17.2. The summed E-state index contributed by atoms with van der Waals surface area (Å²) in [4.78, 5) is 7.18. The fourth-order valence-electron chi connectivity index (χ4n) is 5.03. The van der Waals surface area contributed by atoms with Crippen LogP contribution in [0.1, 0.15) is 42.1 Å². The number of nitrogens with one attached hydrogen (secondary N) is 1. The van der Waals surface area contributed by atoms with Crippen LogP contribution in [0.25, 0.3) is 5.70 Å². The van der Waals surface area contributed by atoms with E-state index in [9.17, 15) is 4.39 Å². The number of hydrogen-bond acceptors (Lipinski definition) is 4. The Labute approximate surface area is 176 Å². The van der Waals surface area contributed by atoms with E-state index in [0.29, 0.717) is 5.92 Å². The molecule has 0 spiro atoms. The molecule has 1 saturated heterocycles. The molecule has 2 bridgehead atoms. The summed E-state index contributed by atoms with van der Waals surface area (Å²) in [6.45, 7) is 11.0. The van der Waals surface area contributed by atoms with Gasteiger partial charge in [-0.25, -0.2) is 14.1 Å². The highest BCUT2D eigenvalue weighted by Crippen LogP contribution is 2.63. The number of anilines is 1. The summed E-state index contributed by atoms with van der Waals surface area (Å²) in [5.41, 5.74) is 3.68. The Morgan fingerprint density at radius 3 is 3.00 bits per heavy atom. The highest BCUT2D eigenvalue weighted by Gasteiger charge is 2.63. The third-order valence-corrected chi connectivity index (χ3v) is 6.64. The Kier molecular flexibility index (Phi) is 4.38. The number of fused-ring (bicyclic) bond motifs is 4. The predicted octanol–water partition coefficient (Wildman–Crippen LogP) is 4.62. The van der Waals surface area contributed by atoms with E-state index in [1.807, 2.05) is 35.3 Å². The van der Waals surface area contributed by atoms with Crippen LogP contribution in [0.4, 0.5) is 10.2 Å². The van der Waals surface area contributed by atoms with Crippen LogP contribution in [0.2, 0.25) is 0 Å². The maximum absolute atomic E-state index is 14.1. The Hall–Kier alpha value is -3.15. The maximum atomic E-state index is 14.1. The molecule has 2 aromatic rings. The fourth-order valence-corrected chi connectivity index (χ4v) is 5.03. The number of aromatic nitrogens is 3. The molecule has 2 fully saturated rings. The number of halogens is 1. The lowest BCUT2D eigenvalue weighted by molar-refractivity contribution is 0.423. The van der Waals surface area contributed by atoms with E-state index in [4.69, 9.17) is 4.98 Å². The van der Waals surface area contributed by atoms with Crippen LogP contribution in [0.5, 0.6) is 0 Å². The standard InChI is InChI=1S/C24H26FN5/c1-4-5-23-28-17(3)18-14-26-22(9-11-30(23)27-15-18)29-10-8-19-13-24(19,29)21-12-20(25)7-6-16(21)2/h4,6-7,9,11-12,14-15,19,23,28H,1,3,5,8,10,13H2,2H3. The van der Waals surface area contributed by atoms with Crippen LogP contribution in [0.15, 0.2) is 62.1 Å². The number of hydrogen-bond donors (Lipinski definition) is 1. The minimum Gasteiger partial charge on any atom is -0.363 e. The highest BCUT2D eigenvalue weighted by atomic mass is 19.1. The van der Waals surface area contributed by atoms with Crippen LogP contribution in [-0.2, 0) is 5.54 Å². The van der Waals surface area contributed by atoms with Gasteiger partial charge in [0.15, 0.2) is 0 Å². The Morgan fingerprint density at radius 1 is 1.33 bits per heavy atom. The first-order chi connectivity index (χ1) is 14.5. The number of benzene rings is 1. The molecule has 3 atom stereocenters. The predicted molar refractivity (Wildman–Crippen MR) is 117 cm³/mol. The summed E-state index contributed by atoms with van der Waals surface area (Å²) in [7, 11) is 0. The van der Waals surface area contributed by atoms with Gasteiger partial charge in [0, 0.05) is 36.6 Å². The molecule has 154 valence electrons. The van der Waals surface area contributed by atoms with Gasteiger partial charge >= 0.3 is 0 Å². The van der Waals surface area contributed by atoms with Crippen LogP contribution in [0, 0.1) is 18.7 Å². The van der Waals surface area contributed by atoms with Crippen LogP contribution < -0.4 is 10.2 Å². The van der Waals surface area contributed by atoms with Gasteiger partial charge in [0.05, 0.1) is 11.7 Å². The van der Waals surface area contributed by atoms with Crippen molar-refractivity contribution in [1.82, 2.24) is 20.1 Å². The SMILES string of the molecule is C=CCC1NC(=C)c2cnc(N3CCC4CC43c3cc(F)ccc3C)ccn1nc2. The Bertz CT molecular complexity index is 1090. The maximum Gasteiger partial charge on any atom is 0.130 e. The summed E-state index contributed by atoms with van der Waals surface area (Å²) >= 11 is 0. The van der Waals surface area contributed by atoms with E-state index in [1.165, 1.54) is 6.07 Å². The highest BCUT2D eigenvalue weighted by molar-refractivity contribution is 5.61. The van der Waals surface area contributed by atoms with Gasteiger partial charge in [-0.05, 0) is 55.0 Å². The van der Waals surface area contributed by atoms with Crippen molar-refractivity contribution >= 4 is 11.5 Å². The zero-order chi connectivity index (χ0) is 20.9. The first-order valence-electron chi connectivity index (χ1n) is 10.4. The lowest BCUT2D eigenvalue weighted by Gasteiger charge is -2.31. The molecule has 0 amide bonds. The quantitative estimate of drug-likeness (QED) is 0.757. The van der Waals surface area contributed by atoms with Crippen molar-refractivity contribution in [2.75, 3.05) is 11.4 Å². The monoisotopic (exact) mass is 403 g/mol. The van der Waals surface area contributed by atoms with Gasteiger partial charge in [-0.2, -0.15) is 5.10 Å². The summed E-state index contributed by atoms with van der Waals surface area (Å²) in [6, 6.07) is 7.14. The van der Waals surface area contributed by atoms with E-state index >= 15 is 0 Å². The molecule has 3 aliphatic rings. The average Bonchev–Trinajstić information content (AvgIpc) is 3.34. The minimum atomic E-state index is -0.180. The van der Waals surface area contributed by atoms with Gasteiger partial charge in [0.1, 0.15) is 17.8 Å². The van der Waals surface area contributed by atoms with Gasteiger partial charge in [-0.1, -0.05) is 18.7 Å². The number of piperidine rings is 1. The van der Waals surface area contributed by atoms with Crippen molar-refractivity contribution in [3.63, 3.8) is 0 Å². The molecule has 1 saturated carbocycles. The molecule has 1 aliphatic carbocycles. The van der Waals surface area contributed by atoms with Crippen molar-refractivity contribution in [1.29, 1.82) is 0 Å². The van der Waals surface area contributed by atoms with Crippen molar-refractivity contribution in [2.24, 2.45) is 5.92 Å². The molecular formula is C24H26FN5. The third-order valence-electron chi connectivity index (χ3n) is 6.64. The Balaban J connectivity index is 1.62. The van der Waals surface area contributed by atoms with Gasteiger partial charge in [-0.15, -0.1) is 6.58 Å². The second-order valence-corrected chi connectivity index (χ2v) is 8.40. The van der Waals surface area contributed by atoms with E-state index in [0.717, 1.165) is 54.0 Å². The van der Waals surface area contributed by atoms with Crippen molar-refractivity contribution in [3.8, 4) is 0 Å². The van der Waals surface area contributed by atoms with E-state index in [-0.39, 0.29) is 17.5 Å². The van der Waals surface area contributed by atoms with Crippen LogP contribution in [-0.4, -0.2) is 21.3 Å². The summed E-state index contributed by atoms with van der Waals surface area (Å²) in [6.07, 6.45) is 10.2.